The number of hydrogen-bond acceptors (Lipinski definition) is 1. The molecule has 1 heterocycles. The Morgan fingerprint density at radius 2 is 2.15 bits per heavy atom. The minimum atomic E-state index is 0.915. The minimum Gasteiger partial charge on any atom is -0.347 e. The summed E-state index contributed by atoms with van der Waals surface area (Å²) in [5.41, 5.74) is 2.30. The highest BCUT2D eigenvalue weighted by molar-refractivity contribution is 7.80. The Bertz CT molecular complexity index is 299. The van der Waals surface area contributed by atoms with Crippen LogP contribution in [0.3, 0.4) is 0 Å². The summed E-state index contributed by atoms with van der Waals surface area (Å²) in [6.07, 6.45) is 6.87. The lowest BCUT2D eigenvalue weighted by Crippen LogP contribution is -1.99. The van der Waals surface area contributed by atoms with Gasteiger partial charge in [0, 0.05) is 18.4 Å². The van der Waals surface area contributed by atoms with Crippen molar-refractivity contribution in [2.75, 3.05) is 5.75 Å². The fourth-order valence-electron chi connectivity index (χ4n) is 1.35. The molecule has 0 aromatic carbocycles. The van der Waals surface area contributed by atoms with Crippen LogP contribution in [0.5, 0.6) is 0 Å². The summed E-state index contributed by atoms with van der Waals surface area (Å²) < 4.78 is 2.18. The highest BCUT2D eigenvalue weighted by Gasteiger charge is 2.01. The van der Waals surface area contributed by atoms with Crippen molar-refractivity contribution < 1.29 is 0 Å². The van der Waals surface area contributed by atoms with Gasteiger partial charge < -0.3 is 4.57 Å². The van der Waals surface area contributed by atoms with Gasteiger partial charge in [-0.05, 0) is 29.9 Å². The highest BCUT2D eigenvalue weighted by Crippen LogP contribution is 2.14. The molecule has 0 saturated heterocycles. The van der Waals surface area contributed by atoms with Gasteiger partial charge in [0.15, 0.2) is 0 Å². The molecule has 0 aliphatic heterocycles. The van der Waals surface area contributed by atoms with Gasteiger partial charge in [-0.3, -0.25) is 0 Å². The second kappa shape index (κ2) is 4.97. The monoisotopic (exact) mass is 193 g/mol. The highest BCUT2D eigenvalue weighted by atomic mass is 32.1. The molecule has 0 atom stereocenters. The zero-order valence-corrected chi connectivity index (χ0v) is 8.63. The van der Waals surface area contributed by atoms with Gasteiger partial charge in [0.1, 0.15) is 0 Å². The first-order valence-electron chi connectivity index (χ1n) is 4.38. The summed E-state index contributed by atoms with van der Waals surface area (Å²) >= 11 is 4.18. The number of rotatable bonds is 5. The molecule has 0 amide bonds. The summed E-state index contributed by atoms with van der Waals surface area (Å²) in [4.78, 5) is 0. The van der Waals surface area contributed by atoms with Crippen molar-refractivity contribution in [3.8, 4) is 0 Å². The van der Waals surface area contributed by atoms with Crippen LogP contribution in [0.25, 0.3) is 12.2 Å². The van der Waals surface area contributed by atoms with Gasteiger partial charge in [-0.25, -0.2) is 0 Å². The maximum Gasteiger partial charge on any atom is 0.0474 e. The lowest BCUT2D eigenvalue weighted by Gasteiger charge is -2.05. The van der Waals surface area contributed by atoms with E-state index in [0.29, 0.717) is 0 Å². The van der Waals surface area contributed by atoms with Crippen LogP contribution in [0, 0.1) is 0 Å². The average Bonchev–Trinajstić information content (AvgIpc) is 2.56. The molecule has 2 heteroatoms. The predicted octanol–water partition coefficient (Wildman–Crippen LogP) is 3.09. The molecule has 0 fully saturated rings. The van der Waals surface area contributed by atoms with Gasteiger partial charge in [-0.15, -0.1) is 0 Å². The first kappa shape index (κ1) is 10.2. The largest absolute Gasteiger partial charge is 0.347 e. The van der Waals surface area contributed by atoms with Crippen molar-refractivity contribution in [2.45, 2.75) is 13.0 Å². The Labute approximate surface area is 85.2 Å². The normalized spacial score (nSPS) is 9.92. The molecule has 1 nitrogen and oxygen atoms in total. The Morgan fingerprint density at radius 3 is 2.69 bits per heavy atom. The summed E-state index contributed by atoms with van der Waals surface area (Å²) in [5, 5.41) is 0. The maximum absolute atomic E-state index is 4.18. The number of nitrogens with zero attached hydrogens (tertiary/aromatic N) is 1. The predicted molar refractivity (Wildman–Crippen MR) is 63.1 cm³/mol. The topological polar surface area (TPSA) is 4.93 Å². The van der Waals surface area contributed by atoms with Crippen LogP contribution in [0.1, 0.15) is 17.7 Å². The van der Waals surface area contributed by atoms with E-state index in [-0.39, 0.29) is 0 Å². The molecule has 1 aromatic rings. The third kappa shape index (κ3) is 2.28. The average molecular weight is 193 g/mol. The van der Waals surface area contributed by atoms with E-state index in [9.17, 15) is 0 Å². The SMILES string of the molecule is C=Cc1ccn(CCCS)c1C=C. The summed E-state index contributed by atoms with van der Waals surface area (Å²) in [6, 6.07) is 2.06. The molecule has 0 aliphatic carbocycles. The molecular formula is C11H15NS. The van der Waals surface area contributed by atoms with E-state index in [1.807, 2.05) is 12.2 Å². The van der Waals surface area contributed by atoms with E-state index >= 15 is 0 Å². The van der Waals surface area contributed by atoms with Crippen molar-refractivity contribution in [2.24, 2.45) is 0 Å². The standard InChI is InChI=1S/C11H15NS/c1-3-10-6-8-12(7-5-9-13)11(10)4-2/h3-4,6,8,13H,1-2,5,7,9H2. The zero-order valence-electron chi connectivity index (χ0n) is 7.74. The minimum absolute atomic E-state index is 0.915. The Balaban J connectivity index is 2.87. The molecule has 0 aliphatic rings. The first-order chi connectivity index (χ1) is 6.33. The molecular weight excluding hydrogens is 178 g/mol. The lowest BCUT2D eigenvalue weighted by atomic mass is 10.2. The van der Waals surface area contributed by atoms with Crippen molar-refractivity contribution in [1.29, 1.82) is 0 Å². The van der Waals surface area contributed by atoms with Crippen LogP contribution in [-0.4, -0.2) is 10.3 Å². The van der Waals surface area contributed by atoms with E-state index in [2.05, 4.69) is 42.6 Å². The van der Waals surface area contributed by atoms with Crippen molar-refractivity contribution in [3.05, 3.63) is 36.7 Å². The fraction of sp³-hybridized carbons (Fsp3) is 0.273. The molecule has 0 radical (unpaired) electrons. The van der Waals surface area contributed by atoms with Crippen LogP contribution in [0.2, 0.25) is 0 Å². The van der Waals surface area contributed by atoms with E-state index in [0.717, 1.165) is 30.0 Å². The van der Waals surface area contributed by atoms with Gasteiger partial charge in [-0.2, -0.15) is 12.6 Å². The second-order valence-electron chi connectivity index (χ2n) is 2.84. The van der Waals surface area contributed by atoms with E-state index < -0.39 is 0 Å². The third-order valence-corrected chi connectivity index (χ3v) is 2.33. The zero-order chi connectivity index (χ0) is 9.68. The second-order valence-corrected chi connectivity index (χ2v) is 3.28. The lowest BCUT2D eigenvalue weighted by molar-refractivity contribution is 0.684. The molecule has 1 rings (SSSR count). The summed E-state index contributed by atoms with van der Waals surface area (Å²) in [5.74, 6) is 0.915. The van der Waals surface area contributed by atoms with E-state index in [1.165, 1.54) is 0 Å². The van der Waals surface area contributed by atoms with Gasteiger partial charge >= 0.3 is 0 Å². The molecule has 0 bridgehead atoms. The Hall–Kier alpha value is -0.890. The smallest absolute Gasteiger partial charge is 0.0474 e. The van der Waals surface area contributed by atoms with Gasteiger partial charge in [0.05, 0.1) is 0 Å². The molecule has 70 valence electrons. The molecule has 0 spiro atoms. The van der Waals surface area contributed by atoms with Crippen LogP contribution in [0.4, 0.5) is 0 Å². The fourth-order valence-corrected chi connectivity index (χ4v) is 1.49. The van der Waals surface area contributed by atoms with Crippen molar-refractivity contribution in [1.82, 2.24) is 4.57 Å². The molecule has 0 unspecified atom stereocenters. The number of aryl methyl sites for hydroxylation is 1. The van der Waals surface area contributed by atoms with Crippen molar-refractivity contribution in [3.63, 3.8) is 0 Å². The third-order valence-electron chi connectivity index (χ3n) is 2.01. The van der Waals surface area contributed by atoms with Crippen LogP contribution in [0.15, 0.2) is 25.4 Å². The molecule has 0 N–H and O–H groups in total. The number of aromatic nitrogens is 1. The van der Waals surface area contributed by atoms with E-state index in [1.54, 1.807) is 0 Å². The first-order valence-corrected chi connectivity index (χ1v) is 5.01. The van der Waals surface area contributed by atoms with Crippen LogP contribution >= 0.6 is 12.6 Å². The van der Waals surface area contributed by atoms with Gasteiger partial charge in [-0.1, -0.05) is 19.2 Å². The van der Waals surface area contributed by atoms with Gasteiger partial charge in [0.25, 0.3) is 0 Å². The summed E-state index contributed by atoms with van der Waals surface area (Å²) in [7, 11) is 0. The van der Waals surface area contributed by atoms with Gasteiger partial charge in [0.2, 0.25) is 0 Å². The summed E-state index contributed by atoms with van der Waals surface area (Å²) in [6.45, 7) is 8.55. The molecule has 13 heavy (non-hydrogen) atoms. The number of hydrogen-bond donors (Lipinski definition) is 1. The Morgan fingerprint density at radius 1 is 1.38 bits per heavy atom. The van der Waals surface area contributed by atoms with E-state index in [4.69, 9.17) is 0 Å². The maximum atomic E-state index is 4.18. The van der Waals surface area contributed by atoms with Crippen LogP contribution in [-0.2, 0) is 6.54 Å². The van der Waals surface area contributed by atoms with Crippen molar-refractivity contribution >= 4 is 24.8 Å². The Kier molecular flexibility index (Phi) is 3.90. The van der Waals surface area contributed by atoms with Crippen LogP contribution < -0.4 is 0 Å². The molecule has 0 saturated carbocycles. The molecule has 1 aromatic heterocycles. The quantitative estimate of drug-likeness (QED) is 0.686. The number of thiol groups is 1.